The maximum Gasteiger partial charge on any atom is 0.417 e. The van der Waals surface area contributed by atoms with Gasteiger partial charge in [0.05, 0.1) is 41.2 Å². The van der Waals surface area contributed by atoms with Gasteiger partial charge in [-0.2, -0.15) is 13.2 Å². The Morgan fingerprint density at radius 1 is 1.10 bits per heavy atom. The van der Waals surface area contributed by atoms with Crippen LogP contribution < -0.4 is 14.8 Å². The molecular weight excluding hydrogens is 434 g/mol. The van der Waals surface area contributed by atoms with Crippen LogP contribution in [0.3, 0.4) is 0 Å². The van der Waals surface area contributed by atoms with Crippen molar-refractivity contribution >= 4 is 40.4 Å². The van der Waals surface area contributed by atoms with Gasteiger partial charge in [-0.25, -0.2) is 4.98 Å². The van der Waals surface area contributed by atoms with Gasteiger partial charge in [0.15, 0.2) is 5.65 Å². The molecule has 1 N–H and O–H groups in total. The van der Waals surface area contributed by atoms with Crippen LogP contribution in [-0.4, -0.2) is 29.5 Å². The maximum absolute atomic E-state index is 13.2. The Bertz CT molecular complexity index is 1110. The van der Waals surface area contributed by atoms with E-state index in [1.807, 2.05) is 0 Å². The normalized spacial score (nSPS) is 11.6. The third kappa shape index (κ3) is 3.92. The largest absolute Gasteiger partial charge is 0.495 e. The van der Waals surface area contributed by atoms with E-state index >= 15 is 0 Å². The number of aryl methyl sites for hydroxylation is 1. The van der Waals surface area contributed by atoms with Crippen molar-refractivity contribution in [2.45, 2.75) is 13.1 Å². The molecule has 0 bridgehead atoms. The summed E-state index contributed by atoms with van der Waals surface area (Å²) in [4.78, 5) is 17.0. The van der Waals surface area contributed by atoms with E-state index in [1.165, 1.54) is 33.3 Å². The summed E-state index contributed by atoms with van der Waals surface area (Å²) in [6, 6.07) is 3.64. The van der Waals surface area contributed by atoms with E-state index in [9.17, 15) is 18.0 Å². The lowest BCUT2D eigenvalue weighted by Crippen LogP contribution is -2.17. The van der Waals surface area contributed by atoms with Crippen LogP contribution in [0.25, 0.3) is 5.65 Å². The Morgan fingerprint density at radius 3 is 2.34 bits per heavy atom. The fraction of sp³-hybridized carbons (Fsp3) is 0.222. The van der Waals surface area contributed by atoms with Crippen molar-refractivity contribution < 1.29 is 27.4 Å². The number of imidazole rings is 1. The Labute approximate surface area is 173 Å². The van der Waals surface area contributed by atoms with E-state index in [1.54, 1.807) is 0 Å². The summed E-state index contributed by atoms with van der Waals surface area (Å²) in [5, 5.41) is 2.62. The summed E-state index contributed by atoms with van der Waals surface area (Å²) in [6.07, 6.45) is -3.87. The van der Waals surface area contributed by atoms with Gasteiger partial charge in [-0.3, -0.25) is 9.20 Å². The molecule has 0 atom stereocenters. The number of fused-ring (bicyclic) bond motifs is 1. The van der Waals surface area contributed by atoms with Gasteiger partial charge in [-0.05, 0) is 13.0 Å². The third-order valence-corrected chi connectivity index (χ3v) is 4.69. The highest BCUT2D eigenvalue weighted by atomic mass is 35.5. The standard InChI is InChI=1S/C18H14Cl2F3N3O3/c1-8-15(26-7-9(18(21,22)23)4-11(20)16(26)24-8)17(27)25-12-6-13(28-2)10(19)5-14(12)29-3/h4-7H,1-3H3,(H,25,27). The Hall–Kier alpha value is -2.65. The molecule has 0 saturated heterocycles. The van der Waals surface area contributed by atoms with E-state index in [0.717, 1.165) is 16.7 Å². The fourth-order valence-electron chi connectivity index (χ4n) is 2.79. The molecule has 3 aromatic rings. The number of alkyl halides is 3. The minimum Gasteiger partial charge on any atom is -0.495 e. The fourth-order valence-corrected chi connectivity index (χ4v) is 3.27. The number of rotatable bonds is 4. The molecule has 0 aliphatic heterocycles. The van der Waals surface area contributed by atoms with Gasteiger partial charge < -0.3 is 14.8 Å². The lowest BCUT2D eigenvalue weighted by atomic mass is 10.2. The van der Waals surface area contributed by atoms with E-state index in [-0.39, 0.29) is 44.3 Å². The average Bonchev–Trinajstić information content (AvgIpc) is 2.98. The van der Waals surface area contributed by atoms with Gasteiger partial charge >= 0.3 is 6.18 Å². The van der Waals surface area contributed by atoms with Crippen molar-refractivity contribution in [3.8, 4) is 11.5 Å². The summed E-state index contributed by atoms with van der Waals surface area (Å²) in [5.74, 6) is -0.197. The zero-order chi connectivity index (χ0) is 21.5. The van der Waals surface area contributed by atoms with E-state index in [4.69, 9.17) is 32.7 Å². The van der Waals surface area contributed by atoms with Crippen LogP contribution in [-0.2, 0) is 6.18 Å². The van der Waals surface area contributed by atoms with Crippen LogP contribution in [0, 0.1) is 6.92 Å². The number of benzene rings is 1. The highest BCUT2D eigenvalue weighted by Gasteiger charge is 2.33. The number of hydrogen-bond donors (Lipinski definition) is 1. The van der Waals surface area contributed by atoms with Gasteiger partial charge in [0.25, 0.3) is 5.91 Å². The second-order valence-corrected chi connectivity index (χ2v) is 6.77. The second-order valence-electron chi connectivity index (χ2n) is 5.96. The quantitative estimate of drug-likeness (QED) is 0.593. The number of nitrogens with zero attached hydrogens (tertiary/aromatic N) is 2. The van der Waals surface area contributed by atoms with E-state index < -0.39 is 17.6 Å². The van der Waals surface area contributed by atoms with E-state index in [2.05, 4.69) is 10.3 Å². The van der Waals surface area contributed by atoms with Crippen LogP contribution in [0.2, 0.25) is 10.0 Å². The van der Waals surface area contributed by atoms with Crippen molar-refractivity contribution in [3.63, 3.8) is 0 Å². The Morgan fingerprint density at radius 2 is 1.76 bits per heavy atom. The highest BCUT2D eigenvalue weighted by Crippen LogP contribution is 2.37. The zero-order valence-electron chi connectivity index (χ0n) is 15.3. The molecule has 0 aliphatic rings. The Kier molecular flexibility index (Phi) is 5.55. The Balaban J connectivity index is 2.11. The van der Waals surface area contributed by atoms with Crippen LogP contribution in [0.1, 0.15) is 21.7 Å². The van der Waals surface area contributed by atoms with Crippen LogP contribution >= 0.6 is 23.2 Å². The summed E-state index contributed by atoms with van der Waals surface area (Å²) >= 11 is 12.0. The molecule has 154 valence electrons. The molecule has 1 amide bonds. The number of nitrogens with one attached hydrogen (secondary N) is 1. The van der Waals surface area contributed by atoms with Crippen LogP contribution in [0.4, 0.5) is 18.9 Å². The molecule has 2 heterocycles. The molecule has 1 aromatic carbocycles. The minimum absolute atomic E-state index is 0.0305. The molecule has 2 aromatic heterocycles. The molecule has 29 heavy (non-hydrogen) atoms. The maximum atomic E-state index is 13.2. The van der Waals surface area contributed by atoms with Gasteiger partial charge in [-0.1, -0.05) is 23.2 Å². The SMILES string of the molecule is COc1cc(NC(=O)c2c(C)nc3c(Cl)cc(C(F)(F)F)cn23)c(OC)cc1Cl. The molecule has 0 saturated carbocycles. The van der Waals surface area contributed by atoms with Crippen molar-refractivity contribution in [3.05, 3.63) is 51.4 Å². The van der Waals surface area contributed by atoms with Gasteiger partial charge in [0, 0.05) is 18.3 Å². The third-order valence-electron chi connectivity index (χ3n) is 4.11. The number of aromatic nitrogens is 2. The average molecular weight is 448 g/mol. The molecule has 0 radical (unpaired) electrons. The first kappa shape index (κ1) is 21.1. The summed E-state index contributed by atoms with van der Waals surface area (Å²) < 4.78 is 50.8. The van der Waals surface area contributed by atoms with Gasteiger partial charge in [0.1, 0.15) is 17.2 Å². The van der Waals surface area contributed by atoms with Crippen molar-refractivity contribution in [2.24, 2.45) is 0 Å². The molecule has 0 fully saturated rings. The number of carbonyl (C=O) groups is 1. The smallest absolute Gasteiger partial charge is 0.417 e. The highest BCUT2D eigenvalue weighted by molar-refractivity contribution is 6.33. The molecule has 0 unspecified atom stereocenters. The van der Waals surface area contributed by atoms with Crippen molar-refractivity contribution in [1.29, 1.82) is 0 Å². The molecule has 11 heteroatoms. The number of ether oxygens (including phenoxy) is 2. The van der Waals surface area contributed by atoms with Gasteiger partial charge in [-0.15, -0.1) is 0 Å². The number of carbonyl (C=O) groups excluding carboxylic acids is 1. The molecule has 6 nitrogen and oxygen atoms in total. The number of halogens is 5. The summed E-state index contributed by atoms with van der Waals surface area (Å²) in [5.41, 5.74) is -0.672. The summed E-state index contributed by atoms with van der Waals surface area (Å²) in [7, 11) is 2.78. The molecular formula is C18H14Cl2F3N3O3. The second kappa shape index (κ2) is 7.64. The minimum atomic E-state index is -4.64. The predicted molar refractivity (Wildman–Crippen MR) is 102 cm³/mol. The molecule has 0 aliphatic carbocycles. The first-order chi connectivity index (χ1) is 13.6. The van der Waals surface area contributed by atoms with E-state index in [0.29, 0.717) is 0 Å². The monoisotopic (exact) mass is 447 g/mol. The lowest BCUT2D eigenvalue weighted by molar-refractivity contribution is -0.137. The van der Waals surface area contributed by atoms with Gasteiger partial charge in [0.2, 0.25) is 0 Å². The number of methoxy groups -OCH3 is 2. The molecule has 3 rings (SSSR count). The first-order valence-electron chi connectivity index (χ1n) is 8.05. The molecule has 0 spiro atoms. The first-order valence-corrected chi connectivity index (χ1v) is 8.80. The number of amides is 1. The number of hydrogen-bond acceptors (Lipinski definition) is 4. The van der Waals surface area contributed by atoms with Crippen molar-refractivity contribution in [2.75, 3.05) is 19.5 Å². The van der Waals surface area contributed by atoms with Crippen LogP contribution in [0.5, 0.6) is 11.5 Å². The number of anilines is 1. The summed E-state index contributed by atoms with van der Waals surface area (Å²) in [6.45, 7) is 1.49. The lowest BCUT2D eigenvalue weighted by Gasteiger charge is -2.14. The topological polar surface area (TPSA) is 64.9 Å². The predicted octanol–water partition coefficient (Wildman–Crippen LogP) is 5.24. The number of pyridine rings is 1. The van der Waals surface area contributed by atoms with Crippen molar-refractivity contribution in [1.82, 2.24) is 9.38 Å². The van der Waals surface area contributed by atoms with Crippen LogP contribution in [0.15, 0.2) is 24.4 Å². The zero-order valence-corrected chi connectivity index (χ0v) is 16.8.